The van der Waals surface area contributed by atoms with Gasteiger partial charge in [-0.1, -0.05) is 30.3 Å². The van der Waals surface area contributed by atoms with Crippen molar-refractivity contribution in [3.05, 3.63) is 70.3 Å². The normalized spacial score (nSPS) is 23.1. The zero-order chi connectivity index (χ0) is 17.7. The molecule has 1 saturated heterocycles. The van der Waals surface area contributed by atoms with Crippen molar-refractivity contribution in [2.45, 2.75) is 12.7 Å². The van der Waals surface area contributed by atoms with Crippen LogP contribution in [-0.4, -0.2) is 24.2 Å². The van der Waals surface area contributed by atoms with E-state index >= 15 is 0 Å². The summed E-state index contributed by atoms with van der Waals surface area (Å²) >= 11 is 0. The maximum absolute atomic E-state index is 12.4. The van der Waals surface area contributed by atoms with E-state index in [2.05, 4.69) is 0 Å². The summed E-state index contributed by atoms with van der Waals surface area (Å²) in [5.41, 5.74) is 0.920. The van der Waals surface area contributed by atoms with Gasteiger partial charge in [0.15, 0.2) is 0 Å². The second kappa shape index (κ2) is 7.76. The maximum atomic E-state index is 12.4. The second-order valence-corrected chi connectivity index (χ2v) is 6.89. The first kappa shape index (κ1) is 17.6. The Morgan fingerprint density at radius 2 is 1.72 bits per heavy atom. The van der Waals surface area contributed by atoms with Gasteiger partial charge >= 0.3 is 7.82 Å². The highest BCUT2D eigenvalue weighted by molar-refractivity contribution is 7.49. The number of non-ortho nitro benzene ring substituents is 1. The van der Waals surface area contributed by atoms with E-state index in [-0.39, 0.29) is 30.8 Å². The number of nitro groups is 1. The van der Waals surface area contributed by atoms with E-state index < -0.39 is 12.7 Å². The smallest absolute Gasteiger partial charge is 0.404 e. The Labute approximate surface area is 144 Å². The molecule has 0 unspecified atom stereocenters. The van der Waals surface area contributed by atoms with Crippen LogP contribution in [0.25, 0.3) is 0 Å². The van der Waals surface area contributed by atoms with Gasteiger partial charge in [0.25, 0.3) is 5.69 Å². The fraction of sp³-hybridized carbons (Fsp3) is 0.250. The van der Waals surface area contributed by atoms with Gasteiger partial charge in [-0.2, -0.15) is 0 Å². The third kappa shape index (κ3) is 4.87. The number of nitrogens with zero attached hydrogens (tertiary/aromatic N) is 1. The maximum Gasteiger partial charge on any atom is 0.530 e. The highest BCUT2D eigenvalue weighted by atomic mass is 31.2. The van der Waals surface area contributed by atoms with Crippen molar-refractivity contribution in [2.24, 2.45) is 0 Å². The first-order valence-corrected chi connectivity index (χ1v) is 8.99. The number of hydrogen-bond acceptors (Lipinski definition) is 7. The van der Waals surface area contributed by atoms with Crippen molar-refractivity contribution in [1.29, 1.82) is 0 Å². The first-order valence-electron chi connectivity index (χ1n) is 7.53. The summed E-state index contributed by atoms with van der Waals surface area (Å²) in [6, 6.07) is 14.8. The van der Waals surface area contributed by atoms with E-state index in [1.54, 1.807) is 0 Å². The van der Waals surface area contributed by atoms with Crippen LogP contribution in [0.2, 0.25) is 0 Å². The van der Waals surface area contributed by atoms with Crippen LogP contribution in [0.4, 0.5) is 5.69 Å². The van der Waals surface area contributed by atoms with Crippen molar-refractivity contribution in [3.63, 3.8) is 0 Å². The SMILES string of the molecule is O=[N+]([O-])c1ccc(OP2(=O)OCC(OCc3ccccc3)CO2)cc1. The number of phosphoric acid groups is 1. The molecule has 0 aromatic heterocycles. The molecule has 3 rings (SSSR count). The third-order valence-electron chi connectivity index (χ3n) is 3.43. The van der Waals surface area contributed by atoms with Gasteiger partial charge in [-0.05, 0) is 17.7 Å². The number of rotatable bonds is 6. The van der Waals surface area contributed by atoms with Crippen molar-refractivity contribution in [3.8, 4) is 5.75 Å². The third-order valence-corrected chi connectivity index (χ3v) is 4.80. The van der Waals surface area contributed by atoms with Crippen LogP contribution in [0.1, 0.15) is 5.56 Å². The average Bonchev–Trinajstić information content (AvgIpc) is 2.62. The summed E-state index contributed by atoms with van der Waals surface area (Å²) in [7, 11) is -3.76. The lowest BCUT2D eigenvalue weighted by Gasteiger charge is -2.28. The van der Waals surface area contributed by atoms with E-state index in [1.165, 1.54) is 24.3 Å². The van der Waals surface area contributed by atoms with Crippen LogP contribution >= 0.6 is 7.82 Å². The van der Waals surface area contributed by atoms with E-state index in [9.17, 15) is 14.7 Å². The van der Waals surface area contributed by atoms with E-state index in [4.69, 9.17) is 18.3 Å². The molecule has 2 aromatic rings. The molecule has 9 heteroatoms. The number of hydrogen-bond donors (Lipinski definition) is 0. The Kier molecular flexibility index (Phi) is 5.45. The highest BCUT2D eigenvalue weighted by Gasteiger charge is 2.36. The predicted molar refractivity (Wildman–Crippen MR) is 88.3 cm³/mol. The topological polar surface area (TPSA) is 97.1 Å². The molecular formula is C16H16NO7P. The number of phosphoric ester groups is 1. The lowest BCUT2D eigenvalue weighted by molar-refractivity contribution is -0.384. The summed E-state index contributed by atoms with van der Waals surface area (Å²) in [5, 5.41) is 10.6. The van der Waals surface area contributed by atoms with Crippen molar-refractivity contribution >= 4 is 13.5 Å². The minimum Gasteiger partial charge on any atom is -0.404 e. The van der Waals surface area contributed by atoms with Crippen LogP contribution in [0.15, 0.2) is 54.6 Å². The van der Waals surface area contributed by atoms with E-state index in [1.807, 2.05) is 30.3 Å². The lowest BCUT2D eigenvalue weighted by atomic mass is 10.2. The van der Waals surface area contributed by atoms with Gasteiger partial charge < -0.3 is 9.26 Å². The molecule has 2 aromatic carbocycles. The lowest BCUT2D eigenvalue weighted by Crippen LogP contribution is -2.30. The number of nitro benzene ring substituents is 1. The highest BCUT2D eigenvalue weighted by Crippen LogP contribution is 2.51. The van der Waals surface area contributed by atoms with Gasteiger partial charge in [-0.15, -0.1) is 0 Å². The second-order valence-electron chi connectivity index (χ2n) is 5.30. The fourth-order valence-electron chi connectivity index (χ4n) is 2.13. The van der Waals surface area contributed by atoms with Crippen molar-refractivity contribution in [1.82, 2.24) is 0 Å². The zero-order valence-corrected chi connectivity index (χ0v) is 14.0. The molecule has 1 aliphatic rings. The van der Waals surface area contributed by atoms with E-state index in [0.29, 0.717) is 6.61 Å². The monoisotopic (exact) mass is 365 g/mol. The number of ether oxygens (including phenoxy) is 1. The standard InChI is InChI=1S/C16H16NO7P/c18-17(19)14-6-8-15(9-7-14)24-25(20)22-11-16(12-23-25)21-10-13-4-2-1-3-5-13/h1-9,16H,10-12H2. The summed E-state index contributed by atoms with van der Waals surface area (Å²) in [6.45, 7) is 0.528. The van der Waals surface area contributed by atoms with Gasteiger partial charge in [0.1, 0.15) is 11.9 Å². The predicted octanol–water partition coefficient (Wildman–Crippen LogP) is 3.71. The molecule has 0 aliphatic carbocycles. The summed E-state index contributed by atoms with van der Waals surface area (Å²) in [5.74, 6) is 0.164. The van der Waals surface area contributed by atoms with Gasteiger partial charge in [-0.25, -0.2) is 4.57 Å². The zero-order valence-electron chi connectivity index (χ0n) is 13.1. The molecule has 0 N–H and O–H groups in total. The molecule has 132 valence electrons. The molecule has 1 heterocycles. The molecule has 1 aliphatic heterocycles. The summed E-state index contributed by atoms with van der Waals surface area (Å²) in [4.78, 5) is 10.1. The van der Waals surface area contributed by atoms with E-state index in [0.717, 1.165) is 5.56 Å². The van der Waals surface area contributed by atoms with Crippen molar-refractivity contribution < 1.29 is 27.8 Å². The van der Waals surface area contributed by atoms with Crippen LogP contribution in [-0.2, 0) is 25.0 Å². The minimum atomic E-state index is -3.76. The Hall–Kier alpha value is -2.25. The summed E-state index contributed by atoms with van der Waals surface area (Å²) in [6.07, 6.45) is -0.359. The molecule has 0 atom stereocenters. The molecule has 0 amide bonds. The molecule has 8 nitrogen and oxygen atoms in total. The molecule has 1 fully saturated rings. The molecular weight excluding hydrogens is 349 g/mol. The van der Waals surface area contributed by atoms with Gasteiger partial charge in [0.05, 0.1) is 24.7 Å². The molecule has 25 heavy (non-hydrogen) atoms. The quantitative estimate of drug-likeness (QED) is 0.437. The van der Waals surface area contributed by atoms with Gasteiger partial charge in [-0.3, -0.25) is 19.2 Å². The Bertz CT molecular complexity index is 754. The van der Waals surface area contributed by atoms with Gasteiger partial charge in [0.2, 0.25) is 0 Å². The summed E-state index contributed by atoms with van der Waals surface area (Å²) < 4.78 is 33.7. The largest absolute Gasteiger partial charge is 0.530 e. The van der Waals surface area contributed by atoms with Gasteiger partial charge in [0, 0.05) is 12.1 Å². The molecule has 0 bridgehead atoms. The number of benzene rings is 2. The van der Waals surface area contributed by atoms with Crippen LogP contribution in [0.5, 0.6) is 5.75 Å². The Morgan fingerprint density at radius 3 is 2.32 bits per heavy atom. The molecule has 0 saturated carbocycles. The molecule has 0 spiro atoms. The van der Waals surface area contributed by atoms with Crippen LogP contribution in [0, 0.1) is 10.1 Å². The fourth-order valence-corrected chi connectivity index (χ4v) is 3.39. The Balaban J connectivity index is 1.50. The minimum absolute atomic E-state index is 0.0666. The molecule has 0 radical (unpaired) electrons. The van der Waals surface area contributed by atoms with Crippen LogP contribution < -0.4 is 4.52 Å². The van der Waals surface area contributed by atoms with Crippen molar-refractivity contribution in [2.75, 3.05) is 13.2 Å². The van der Waals surface area contributed by atoms with Crippen LogP contribution in [0.3, 0.4) is 0 Å². The Morgan fingerprint density at radius 1 is 1.08 bits per heavy atom. The average molecular weight is 365 g/mol. The first-order chi connectivity index (χ1) is 12.0.